The van der Waals surface area contributed by atoms with Crippen molar-refractivity contribution in [1.29, 1.82) is 0 Å². The fourth-order valence-electron chi connectivity index (χ4n) is 3.74. The van der Waals surface area contributed by atoms with Crippen LogP contribution in [-0.2, 0) is 11.3 Å². The predicted molar refractivity (Wildman–Crippen MR) is 150 cm³/mol. The second kappa shape index (κ2) is 11.8. The standard InChI is InChI=1S/C29H23ClN4O2S/c30-25-14-5-4-10-22(25)19-34-27-16-7-6-15-26(27)32-29(34)37-20-28(35)33-31-18-21-9-8-13-24(17-21)36-23-11-2-1-3-12-23/h1-18H,19-20H2,(H,33,35)/b31-18+. The zero-order valence-electron chi connectivity index (χ0n) is 19.8. The van der Waals surface area contributed by atoms with Gasteiger partial charge in [-0.3, -0.25) is 4.79 Å². The number of carbonyl (C=O) groups excluding carboxylic acids is 1. The van der Waals surface area contributed by atoms with E-state index in [0.29, 0.717) is 17.3 Å². The molecule has 1 aromatic heterocycles. The first-order chi connectivity index (χ1) is 18.2. The number of thioether (sulfide) groups is 1. The van der Waals surface area contributed by atoms with Crippen LogP contribution in [0.2, 0.25) is 5.02 Å². The van der Waals surface area contributed by atoms with Gasteiger partial charge in [0.05, 0.1) is 29.5 Å². The van der Waals surface area contributed by atoms with Crippen LogP contribution < -0.4 is 10.2 Å². The maximum Gasteiger partial charge on any atom is 0.250 e. The molecule has 5 aromatic rings. The highest BCUT2D eigenvalue weighted by Gasteiger charge is 2.14. The summed E-state index contributed by atoms with van der Waals surface area (Å²) in [5.41, 5.74) is 6.24. The van der Waals surface area contributed by atoms with Crippen LogP contribution in [0.3, 0.4) is 0 Å². The van der Waals surface area contributed by atoms with Gasteiger partial charge in [0.2, 0.25) is 0 Å². The van der Waals surface area contributed by atoms with Crippen LogP contribution >= 0.6 is 23.4 Å². The third-order valence-corrected chi connectivity index (χ3v) is 6.82. The number of amides is 1. The van der Waals surface area contributed by atoms with Gasteiger partial charge in [-0.25, -0.2) is 10.4 Å². The molecule has 1 amide bonds. The molecule has 5 rings (SSSR count). The minimum atomic E-state index is -0.228. The Kier molecular flexibility index (Phi) is 7.84. The summed E-state index contributed by atoms with van der Waals surface area (Å²) in [5, 5.41) is 5.55. The van der Waals surface area contributed by atoms with Gasteiger partial charge in [0.1, 0.15) is 11.5 Å². The van der Waals surface area contributed by atoms with Crippen molar-refractivity contribution in [3.63, 3.8) is 0 Å². The number of para-hydroxylation sites is 3. The first-order valence-electron chi connectivity index (χ1n) is 11.6. The van der Waals surface area contributed by atoms with Crippen molar-refractivity contribution in [1.82, 2.24) is 15.0 Å². The van der Waals surface area contributed by atoms with Crippen molar-refractivity contribution >= 4 is 46.5 Å². The maximum absolute atomic E-state index is 12.5. The molecule has 0 saturated carbocycles. The molecule has 0 spiro atoms. The molecule has 0 aliphatic carbocycles. The van der Waals surface area contributed by atoms with Gasteiger partial charge in [-0.1, -0.05) is 84.0 Å². The number of halogens is 1. The SMILES string of the molecule is O=C(CSc1nc2ccccc2n1Cc1ccccc1Cl)N/N=C/c1cccc(Oc2ccccc2)c1. The third kappa shape index (κ3) is 6.39. The van der Waals surface area contributed by atoms with Gasteiger partial charge >= 0.3 is 0 Å². The summed E-state index contributed by atoms with van der Waals surface area (Å²) >= 11 is 7.76. The molecule has 0 bridgehead atoms. The van der Waals surface area contributed by atoms with Gasteiger partial charge in [-0.05, 0) is 53.6 Å². The predicted octanol–water partition coefficient (Wildman–Crippen LogP) is 6.77. The Bertz CT molecular complexity index is 1550. The van der Waals surface area contributed by atoms with Crippen LogP contribution in [0.25, 0.3) is 11.0 Å². The average Bonchev–Trinajstić information content (AvgIpc) is 3.27. The van der Waals surface area contributed by atoms with E-state index in [0.717, 1.165) is 33.1 Å². The molecule has 0 unspecified atom stereocenters. The molecule has 1 N–H and O–H groups in total. The molecule has 184 valence electrons. The molecule has 8 heteroatoms. The summed E-state index contributed by atoms with van der Waals surface area (Å²) in [7, 11) is 0. The van der Waals surface area contributed by atoms with Crippen molar-refractivity contribution in [3.8, 4) is 11.5 Å². The normalized spacial score (nSPS) is 11.2. The third-order valence-electron chi connectivity index (χ3n) is 5.48. The Morgan fingerprint density at radius 1 is 0.946 bits per heavy atom. The first-order valence-corrected chi connectivity index (χ1v) is 13.0. The number of ether oxygens (including phenoxy) is 1. The molecule has 1 heterocycles. The topological polar surface area (TPSA) is 68.5 Å². The zero-order valence-corrected chi connectivity index (χ0v) is 21.3. The quantitative estimate of drug-likeness (QED) is 0.131. The summed E-state index contributed by atoms with van der Waals surface area (Å²) in [5.74, 6) is 1.38. The van der Waals surface area contributed by atoms with Crippen LogP contribution in [0, 0.1) is 0 Å². The summed E-state index contributed by atoms with van der Waals surface area (Å²) in [6.07, 6.45) is 1.59. The molecule has 0 radical (unpaired) electrons. The lowest BCUT2D eigenvalue weighted by atomic mass is 10.2. The molecule has 0 fully saturated rings. The second-order valence-electron chi connectivity index (χ2n) is 8.13. The van der Waals surface area contributed by atoms with E-state index in [1.165, 1.54) is 11.8 Å². The minimum absolute atomic E-state index is 0.167. The lowest BCUT2D eigenvalue weighted by Gasteiger charge is -2.10. The first kappa shape index (κ1) is 24.6. The van der Waals surface area contributed by atoms with Crippen molar-refractivity contribution in [3.05, 3.63) is 119 Å². The van der Waals surface area contributed by atoms with E-state index < -0.39 is 0 Å². The number of carbonyl (C=O) groups is 1. The van der Waals surface area contributed by atoms with E-state index in [-0.39, 0.29) is 11.7 Å². The minimum Gasteiger partial charge on any atom is -0.457 e. The van der Waals surface area contributed by atoms with E-state index in [4.69, 9.17) is 21.3 Å². The number of hydrazone groups is 1. The summed E-state index contributed by atoms with van der Waals surface area (Å²) in [6, 6.07) is 32.7. The zero-order chi connectivity index (χ0) is 25.5. The van der Waals surface area contributed by atoms with E-state index in [1.807, 2.05) is 103 Å². The number of benzene rings is 4. The Labute approximate surface area is 223 Å². The average molecular weight is 527 g/mol. The summed E-state index contributed by atoms with van der Waals surface area (Å²) in [6.45, 7) is 0.559. The molecular formula is C29H23ClN4O2S. The largest absolute Gasteiger partial charge is 0.457 e. The highest BCUT2D eigenvalue weighted by Crippen LogP contribution is 2.27. The van der Waals surface area contributed by atoms with Gasteiger partial charge in [0.15, 0.2) is 5.16 Å². The molecule has 0 saturated heterocycles. The lowest BCUT2D eigenvalue weighted by molar-refractivity contribution is -0.118. The molecule has 37 heavy (non-hydrogen) atoms. The molecule has 4 aromatic carbocycles. The number of imidazole rings is 1. The van der Waals surface area contributed by atoms with Gasteiger partial charge < -0.3 is 9.30 Å². The van der Waals surface area contributed by atoms with Gasteiger partial charge in [0.25, 0.3) is 5.91 Å². The van der Waals surface area contributed by atoms with E-state index in [2.05, 4.69) is 15.1 Å². The fraction of sp³-hybridized carbons (Fsp3) is 0.0690. The highest BCUT2D eigenvalue weighted by atomic mass is 35.5. The Balaban J connectivity index is 1.22. The molecule has 0 atom stereocenters. The fourth-order valence-corrected chi connectivity index (χ4v) is 4.74. The van der Waals surface area contributed by atoms with Gasteiger partial charge in [-0.15, -0.1) is 0 Å². The Morgan fingerprint density at radius 3 is 2.57 bits per heavy atom. The van der Waals surface area contributed by atoms with Crippen LogP contribution in [-0.4, -0.2) is 27.4 Å². The Morgan fingerprint density at radius 2 is 1.70 bits per heavy atom. The van der Waals surface area contributed by atoms with Gasteiger partial charge in [0, 0.05) is 5.02 Å². The molecule has 0 aliphatic rings. The number of fused-ring (bicyclic) bond motifs is 1. The molecule has 6 nitrogen and oxygen atoms in total. The lowest BCUT2D eigenvalue weighted by Crippen LogP contribution is -2.20. The van der Waals surface area contributed by atoms with E-state index in [1.54, 1.807) is 6.21 Å². The molecule has 0 aliphatic heterocycles. The van der Waals surface area contributed by atoms with Crippen molar-refractivity contribution in [2.75, 3.05) is 5.75 Å². The molecular weight excluding hydrogens is 504 g/mol. The van der Waals surface area contributed by atoms with Crippen molar-refractivity contribution in [2.24, 2.45) is 5.10 Å². The summed E-state index contributed by atoms with van der Waals surface area (Å²) in [4.78, 5) is 17.3. The highest BCUT2D eigenvalue weighted by molar-refractivity contribution is 7.99. The maximum atomic E-state index is 12.5. The van der Waals surface area contributed by atoms with Crippen LogP contribution in [0.4, 0.5) is 0 Å². The summed E-state index contributed by atoms with van der Waals surface area (Å²) < 4.78 is 7.93. The smallest absolute Gasteiger partial charge is 0.250 e. The monoisotopic (exact) mass is 526 g/mol. The van der Waals surface area contributed by atoms with Crippen molar-refractivity contribution in [2.45, 2.75) is 11.7 Å². The van der Waals surface area contributed by atoms with E-state index in [9.17, 15) is 4.79 Å². The number of nitrogens with one attached hydrogen (secondary N) is 1. The van der Waals surface area contributed by atoms with Crippen LogP contribution in [0.1, 0.15) is 11.1 Å². The Hall–Kier alpha value is -4.07. The number of nitrogens with zero attached hydrogens (tertiary/aromatic N) is 3. The number of aromatic nitrogens is 2. The van der Waals surface area contributed by atoms with Crippen molar-refractivity contribution < 1.29 is 9.53 Å². The number of hydrogen-bond donors (Lipinski definition) is 1. The van der Waals surface area contributed by atoms with Crippen LogP contribution in [0.5, 0.6) is 11.5 Å². The van der Waals surface area contributed by atoms with Gasteiger partial charge in [-0.2, -0.15) is 5.10 Å². The second-order valence-corrected chi connectivity index (χ2v) is 9.48. The number of rotatable bonds is 9. The van der Waals surface area contributed by atoms with E-state index >= 15 is 0 Å². The number of hydrogen-bond acceptors (Lipinski definition) is 5. The van der Waals surface area contributed by atoms with Crippen LogP contribution in [0.15, 0.2) is 113 Å².